The minimum absolute atomic E-state index is 0.0663. The van der Waals surface area contributed by atoms with Gasteiger partial charge in [-0.05, 0) is 17.7 Å². The maximum absolute atomic E-state index is 11.8. The zero-order chi connectivity index (χ0) is 11.0. The van der Waals surface area contributed by atoms with Gasteiger partial charge in [-0.15, -0.1) is 0 Å². The maximum atomic E-state index is 11.8. The lowest BCUT2D eigenvalue weighted by Crippen LogP contribution is -2.23. The van der Waals surface area contributed by atoms with E-state index in [-0.39, 0.29) is 11.8 Å². The summed E-state index contributed by atoms with van der Waals surface area (Å²) in [5.74, 6) is -0.165. The standard InChI is InChI=1S/C11H12N2O2/c1-13(2)11(15)8-5-3-4-7-9(8)6-12-10(7)14/h3-5H,6H2,1-2H3,(H,12,14). The van der Waals surface area contributed by atoms with Crippen LogP contribution in [0.3, 0.4) is 0 Å². The van der Waals surface area contributed by atoms with Gasteiger partial charge in [-0.25, -0.2) is 0 Å². The Kier molecular flexibility index (Phi) is 2.19. The Morgan fingerprint density at radius 2 is 2.13 bits per heavy atom. The van der Waals surface area contributed by atoms with Crippen LogP contribution in [-0.2, 0) is 6.54 Å². The lowest BCUT2D eigenvalue weighted by molar-refractivity contribution is 0.0826. The Labute approximate surface area is 87.9 Å². The Bertz CT molecular complexity index is 438. The summed E-state index contributed by atoms with van der Waals surface area (Å²) in [4.78, 5) is 24.7. The Morgan fingerprint density at radius 1 is 1.40 bits per heavy atom. The number of carbonyl (C=O) groups is 2. The van der Waals surface area contributed by atoms with Crippen LogP contribution in [-0.4, -0.2) is 30.8 Å². The molecule has 0 aliphatic carbocycles. The Hall–Kier alpha value is -1.84. The molecule has 1 aromatic carbocycles. The molecular weight excluding hydrogens is 192 g/mol. The van der Waals surface area contributed by atoms with Gasteiger partial charge in [0, 0.05) is 31.8 Å². The molecule has 0 bridgehead atoms. The Balaban J connectivity index is 2.51. The minimum Gasteiger partial charge on any atom is -0.348 e. The highest BCUT2D eigenvalue weighted by atomic mass is 16.2. The van der Waals surface area contributed by atoms with Crippen LogP contribution in [0, 0.1) is 0 Å². The number of hydrogen-bond donors (Lipinski definition) is 1. The summed E-state index contributed by atoms with van der Waals surface area (Å²) < 4.78 is 0. The van der Waals surface area contributed by atoms with Gasteiger partial charge in [0.1, 0.15) is 0 Å². The second kappa shape index (κ2) is 3.38. The van der Waals surface area contributed by atoms with Crippen LogP contribution in [0.5, 0.6) is 0 Å². The van der Waals surface area contributed by atoms with Crippen LogP contribution >= 0.6 is 0 Å². The highest BCUT2D eigenvalue weighted by molar-refractivity contribution is 6.04. The van der Waals surface area contributed by atoms with E-state index in [1.807, 2.05) is 0 Å². The molecule has 0 aromatic heterocycles. The Morgan fingerprint density at radius 3 is 2.80 bits per heavy atom. The molecule has 1 heterocycles. The summed E-state index contributed by atoms with van der Waals surface area (Å²) in [5.41, 5.74) is 2.03. The number of nitrogens with zero attached hydrogens (tertiary/aromatic N) is 1. The summed E-state index contributed by atoms with van der Waals surface area (Å²) >= 11 is 0. The molecule has 0 saturated heterocycles. The number of nitrogens with one attached hydrogen (secondary N) is 1. The third-order valence-electron chi connectivity index (χ3n) is 2.48. The van der Waals surface area contributed by atoms with Crippen molar-refractivity contribution in [2.24, 2.45) is 0 Å². The van der Waals surface area contributed by atoms with Crippen LogP contribution < -0.4 is 5.32 Å². The maximum Gasteiger partial charge on any atom is 0.253 e. The average Bonchev–Trinajstić information content (AvgIpc) is 2.59. The summed E-state index contributed by atoms with van der Waals surface area (Å²) in [6.07, 6.45) is 0. The highest BCUT2D eigenvalue weighted by Gasteiger charge is 2.24. The lowest BCUT2D eigenvalue weighted by atomic mass is 10.0. The van der Waals surface area contributed by atoms with Crippen LogP contribution in [0.2, 0.25) is 0 Å². The van der Waals surface area contributed by atoms with Gasteiger partial charge in [-0.1, -0.05) is 6.07 Å². The predicted octanol–water partition coefficient (Wildman–Crippen LogP) is 0.632. The first-order valence-electron chi connectivity index (χ1n) is 4.73. The summed E-state index contributed by atoms with van der Waals surface area (Å²) in [6.45, 7) is 0.448. The predicted molar refractivity (Wildman–Crippen MR) is 55.6 cm³/mol. The van der Waals surface area contributed by atoms with E-state index in [1.54, 1.807) is 32.3 Å². The van der Waals surface area contributed by atoms with E-state index in [0.717, 1.165) is 5.56 Å². The van der Waals surface area contributed by atoms with E-state index in [0.29, 0.717) is 17.7 Å². The van der Waals surface area contributed by atoms with Gasteiger partial charge >= 0.3 is 0 Å². The average molecular weight is 204 g/mol. The molecule has 78 valence electrons. The fourth-order valence-corrected chi connectivity index (χ4v) is 1.70. The molecule has 2 amide bonds. The van der Waals surface area contributed by atoms with Crippen LogP contribution in [0.4, 0.5) is 0 Å². The van der Waals surface area contributed by atoms with E-state index in [4.69, 9.17) is 0 Å². The molecule has 0 spiro atoms. The molecule has 0 atom stereocenters. The molecule has 1 aliphatic rings. The van der Waals surface area contributed by atoms with Crippen molar-refractivity contribution in [1.82, 2.24) is 10.2 Å². The van der Waals surface area contributed by atoms with Crippen LogP contribution in [0.15, 0.2) is 18.2 Å². The lowest BCUT2D eigenvalue weighted by Gasteiger charge is -2.12. The molecule has 15 heavy (non-hydrogen) atoms. The van der Waals surface area contributed by atoms with E-state index in [1.165, 1.54) is 4.90 Å². The number of benzene rings is 1. The van der Waals surface area contributed by atoms with Gasteiger partial charge in [-0.3, -0.25) is 9.59 Å². The molecular formula is C11H12N2O2. The van der Waals surface area contributed by atoms with Crippen molar-refractivity contribution in [3.8, 4) is 0 Å². The van der Waals surface area contributed by atoms with E-state index < -0.39 is 0 Å². The summed E-state index contributed by atoms with van der Waals surface area (Å²) in [6, 6.07) is 5.23. The van der Waals surface area contributed by atoms with Crippen molar-refractivity contribution in [1.29, 1.82) is 0 Å². The van der Waals surface area contributed by atoms with Gasteiger partial charge in [0.25, 0.3) is 11.8 Å². The molecule has 4 nitrogen and oxygen atoms in total. The quantitative estimate of drug-likeness (QED) is 0.729. The first-order valence-corrected chi connectivity index (χ1v) is 4.73. The second-order valence-electron chi connectivity index (χ2n) is 3.71. The summed E-state index contributed by atoms with van der Waals surface area (Å²) in [5, 5.41) is 2.71. The number of rotatable bonds is 1. The molecule has 0 radical (unpaired) electrons. The van der Waals surface area contributed by atoms with E-state index in [2.05, 4.69) is 5.32 Å². The molecule has 4 heteroatoms. The van der Waals surface area contributed by atoms with Crippen molar-refractivity contribution < 1.29 is 9.59 Å². The largest absolute Gasteiger partial charge is 0.348 e. The first kappa shape index (κ1) is 9.71. The zero-order valence-corrected chi connectivity index (χ0v) is 8.70. The zero-order valence-electron chi connectivity index (χ0n) is 8.70. The fraction of sp³-hybridized carbons (Fsp3) is 0.273. The summed E-state index contributed by atoms with van der Waals surface area (Å²) in [7, 11) is 3.40. The van der Waals surface area contributed by atoms with E-state index >= 15 is 0 Å². The molecule has 1 aromatic rings. The topological polar surface area (TPSA) is 49.4 Å². The minimum atomic E-state index is -0.0987. The molecule has 0 fully saturated rings. The smallest absolute Gasteiger partial charge is 0.253 e. The third-order valence-corrected chi connectivity index (χ3v) is 2.48. The van der Waals surface area contributed by atoms with E-state index in [9.17, 15) is 9.59 Å². The van der Waals surface area contributed by atoms with Crippen molar-refractivity contribution in [2.75, 3.05) is 14.1 Å². The van der Waals surface area contributed by atoms with Crippen molar-refractivity contribution >= 4 is 11.8 Å². The molecule has 0 saturated carbocycles. The SMILES string of the molecule is CN(C)C(=O)c1cccc2c1CNC2=O. The van der Waals surface area contributed by atoms with Crippen molar-refractivity contribution in [2.45, 2.75) is 6.54 Å². The van der Waals surface area contributed by atoms with Crippen LogP contribution in [0.1, 0.15) is 26.3 Å². The highest BCUT2D eigenvalue weighted by Crippen LogP contribution is 2.20. The van der Waals surface area contributed by atoms with Crippen LogP contribution in [0.25, 0.3) is 0 Å². The molecule has 1 aliphatic heterocycles. The number of amides is 2. The fourth-order valence-electron chi connectivity index (χ4n) is 1.70. The second-order valence-corrected chi connectivity index (χ2v) is 3.71. The third kappa shape index (κ3) is 1.48. The van der Waals surface area contributed by atoms with Gasteiger partial charge in [0.05, 0.1) is 0 Å². The monoisotopic (exact) mass is 204 g/mol. The van der Waals surface area contributed by atoms with Gasteiger partial charge in [-0.2, -0.15) is 0 Å². The van der Waals surface area contributed by atoms with Crippen molar-refractivity contribution in [3.05, 3.63) is 34.9 Å². The molecule has 0 unspecified atom stereocenters. The van der Waals surface area contributed by atoms with Crippen molar-refractivity contribution in [3.63, 3.8) is 0 Å². The normalized spacial score (nSPS) is 13.3. The number of fused-ring (bicyclic) bond motifs is 1. The first-order chi connectivity index (χ1) is 7.11. The number of carbonyl (C=O) groups excluding carboxylic acids is 2. The molecule has 1 N–H and O–H groups in total. The van der Waals surface area contributed by atoms with Gasteiger partial charge < -0.3 is 10.2 Å². The number of hydrogen-bond acceptors (Lipinski definition) is 2. The van der Waals surface area contributed by atoms with Gasteiger partial charge in [0.2, 0.25) is 0 Å². The van der Waals surface area contributed by atoms with Gasteiger partial charge in [0.15, 0.2) is 0 Å². The molecule has 2 rings (SSSR count).